The molecule has 1 amide bonds. The van der Waals surface area contributed by atoms with E-state index in [4.69, 9.17) is 4.74 Å². The third kappa shape index (κ3) is 6.51. The molecule has 26 heavy (non-hydrogen) atoms. The first-order valence-electron chi connectivity index (χ1n) is 7.85. The highest BCUT2D eigenvalue weighted by Gasteiger charge is 2.32. The van der Waals surface area contributed by atoms with Gasteiger partial charge in [0.25, 0.3) is 0 Å². The number of ether oxygens (including phenoxy) is 1. The van der Waals surface area contributed by atoms with Gasteiger partial charge in [0, 0.05) is 11.9 Å². The van der Waals surface area contributed by atoms with Crippen LogP contribution in [0.4, 0.5) is 13.2 Å². The molecule has 140 valence electrons. The van der Waals surface area contributed by atoms with Crippen molar-refractivity contribution >= 4 is 17.2 Å². The van der Waals surface area contributed by atoms with Crippen LogP contribution in [0, 0.1) is 6.92 Å². The minimum atomic E-state index is -4.45. The molecule has 1 aromatic carbocycles. The van der Waals surface area contributed by atoms with Crippen LogP contribution in [-0.4, -0.2) is 35.1 Å². The normalized spacial score (nSPS) is 11.2. The minimum Gasteiger partial charge on any atom is -0.486 e. The van der Waals surface area contributed by atoms with Gasteiger partial charge >= 0.3 is 6.18 Å². The Balaban J connectivity index is 1.92. The number of amides is 1. The Morgan fingerprint density at radius 2 is 2.04 bits per heavy atom. The standard InChI is InChI=1S/C18H19F3N2O2S/c1-3-8-23(12-18(19,20)21)17(24)9-14-11-26-16(22-14)10-25-15-6-4-13(2)5-7-15/h3-7,11H,1,8-10,12H2,2H3. The topological polar surface area (TPSA) is 42.4 Å². The Morgan fingerprint density at radius 3 is 2.65 bits per heavy atom. The molecule has 0 fully saturated rings. The van der Waals surface area contributed by atoms with Crippen LogP contribution in [0.15, 0.2) is 42.3 Å². The fourth-order valence-electron chi connectivity index (χ4n) is 2.17. The zero-order valence-electron chi connectivity index (χ0n) is 14.3. The van der Waals surface area contributed by atoms with Crippen LogP contribution >= 0.6 is 11.3 Å². The number of aromatic nitrogens is 1. The molecular formula is C18H19F3N2O2S. The van der Waals surface area contributed by atoms with Crippen LogP contribution in [0.5, 0.6) is 5.75 Å². The first kappa shape index (κ1) is 20.0. The molecule has 4 nitrogen and oxygen atoms in total. The molecule has 0 atom stereocenters. The lowest BCUT2D eigenvalue weighted by atomic mass is 10.2. The van der Waals surface area contributed by atoms with E-state index >= 15 is 0 Å². The molecule has 1 heterocycles. The first-order chi connectivity index (χ1) is 12.3. The molecule has 0 saturated carbocycles. The Morgan fingerprint density at radius 1 is 1.35 bits per heavy atom. The van der Waals surface area contributed by atoms with E-state index < -0.39 is 18.6 Å². The van der Waals surface area contributed by atoms with Gasteiger partial charge in [-0.3, -0.25) is 4.79 Å². The summed E-state index contributed by atoms with van der Waals surface area (Å²) in [5.74, 6) is 0.0595. The highest BCUT2D eigenvalue weighted by Crippen LogP contribution is 2.19. The van der Waals surface area contributed by atoms with Gasteiger partial charge in [0.05, 0.1) is 12.1 Å². The number of hydrogen-bond donors (Lipinski definition) is 0. The third-order valence-electron chi connectivity index (χ3n) is 3.39. The quantitative estimate of drug-likeness (QED) is 0.642. The number of halogens is 3. The second kappa shape index (κ2) is 8.84. The summed E-state index contributed by atoms with van der Waals surface area (Å²) in [7, 11) is 0. The van der Waals surface area contributed by atoms with Crippen LogP contribution in [0.2, 0.25) is 0 Å². The summed E-state index contributed by atoms with van der Waals surface area (Å²) in [5, 5.41) is 2.31. The predicted molar refractivity (Wildman–Crippen MR) is 94.2 cm³/mol. The summed E-state index contributed by atoms with van der Waals surface area (Å²) >= 11 is 1.30. The number of carbonyl (C=O) groups is 1. The van der Waals surface area contributed by atoms with Crippen LogP contribution in [0.1, 0.15) is 16.3 Å². The maximum atomic E-state index is 12.6. The zero-order chi connectivity index (χ0) is 19.2. The lowest BCUT2D eigenvalue weighted by Crippen LogP contribution is -2.39. The average molecular weight is 384 g/mol. The van der Waals surface area contributed by atoms with Crippen molar-refractivity contribution in [1.82, 2.24) is 9.88 Å². The van der Waals surface area contributed by atoms with Crippen molar-refractivity contribution < 1.29 is 22.7 Å². The second-order valence-corrected chi connectivity index (χ2v) is 6.63. The van der Waals surface area contributed by atoms with Crippen molar-refractivity contribution in [3.8, 4) is 5.75 Å². The summed E-state index contributed by atoms with van der Waals surface area (Å²) < 4.78 is 43.3. The van der Waals surface area contributed by atoms with Crippen LogP contribution in [0.3, 0.4) is 0 Å². The lowest BCUT2D eigenvalue weighted by Gasteiger charge is -2.22. The summed E-state index contributed by atoms with van der Waals surface area (Å²) in [4.78, 5) is 17.1. The predicted octanol–water partition coefficient (Wildman–Crippen LogP) is 4.15. The van der Waals surface area contributed by atoms with Crippen molar-refractivity contribution in [1.29, 1.82) is 0 Å². The summed E-state index contributed by atoms with van der Waals surface area (Å²) in [6.07, 6.45) is -3.37. The summed E-state index contributed by atoms with van der Waals surface area (Å²) in [6.45, 7) is 4.14. The summed E-state index contributed by atoms with van der Waals surface area (Å²) in [6, 6.07) is 7.54. The van der Waals surface area contributed by atoms with Gasteiger partial charge in [0.2, 0.25) is 5.91 Å². The lowest BCUT2D eigenvalue weighted by molar-refractivity contribution is -0.159. The molecular weight excluding hydrogens is 365 g/mol. The Hall–Kier alpha value is -2.35. The van der Waals surface area contributed by atoms with Crippen LogP contribution < -0.4 is 4.74 Å². The smallest absolute Gasteiger partial charge is 0.406 e. The van der Waals surface area contributed by atoms with E-state index in [1.807, 2.05) is 31.2 Å². The van der Waals surface area contributed by atoms with Crippen molar-refractivity contribution in [2.45, 2.75) is 26.1 Å². The van der Waals surface area contributed by atoms with Crippen LogP contribution in [0.25, 0.3) is 0 Å². The molecule has 0 unspecified atom stereocenters. The van der Waals surface area contributed by atoms with Crippen molar-refractivity contribution in [3.63, 3.8) is 0 Å². The second-order valence-electron chi connectivity index (χ2n) is 5.69. The third-order valence-corrected chi connectivity index (χ3v) is 4.26. The van der Waals surface area contributed by atoms with Crippen molar-refractivity contribution in [3.05, 3.63) is 58.6 Å². The van der Waals surface area contributed by atoms with E-state index in [-0.39, 0.29) is 19.6 Å². The fraction of sp³-hybridized carbons (Fsp3) is 0.333. The van der Waals surface area contributed by atoms with E-state index in [1.54, 1.807) is 5.38 Å². The van der Waals surface area contributed by atoms with E-state index in [1.165, 1.54) is 17.4 Å². The zero-order valence-corrected chi connectivity index (χ0v) is 15.1. The highest BCUT2D eigenvalue weighted by molar-refractivity contribution is 7.09. The number of alkyl halides is 3. The maximum absolute atomic E-state index is 12.6. The molecule has 0 N–H and O–H groups in total. The largest absolute Gasteiger partial charge is 0.486 e. The van der Waals surface area contributed by atoms with Gasteiger partial charge in [0.15, 0.2) is 0 Å². The molecule has 0 bridgehead atoms. The Kier molecular flexibility index (Phi) is 6.79. The number of thiazole rings is 1. The fourth-order valence-corrected chi connectivity index (χ4v) is 2.87. The molecule has 0 aliphatic rings. The Bertz CT molecular complexity index is 742. The highest BCUT2D eigenvalue weighted by atomic mass is 32.1. The molecule has 0 aliphatic heterocycles. The van der Waals surface area contributed by atoms with Gasteiger partial charge in [-0.25, -0.2) is 4.98 Å². The monoisotopic (exact) mass is 384 g/mol. The number of benzene rings is 1. The molecule has 1 aromatic heterocycles. The van der Waals surface area contributed by atoms with Crippen LogP contribution in [-0.2, 0) is 17.8 Å². The van der Waals surface area contributed by atoms with Gasteiger partial charge in [-0.1, -0.05) is 23.8 Å². The van der Waals surface area contributed by atoms with E-state index in [0.29, 0.717) is 16.5 Å². The minimum absolute atomic E-state index is 0.161. The van der Waals surface area contributed by atoms with Crippen molar-refractivity contribution in [2.24, 2.45) is 0 Å². The van der Waals surface area contributed by atoms with Gasteiger partial charge in [-0.15, -0.1) is 17.9 Å². The number of rotatable bonds is 8. The average Bonchev–Trinajstić information content (AvgIpc) is 3.00. The first-order valence-corrected chi connectivity index (χ1v) is 8.73. The van der Waals surface area contributed by atoms with Gasteiger partial charge in [-0.2, -0.15) is 13.2 Å². The molecule has 0 aliphatic carbocycles. The molecule has 0 radical (unpaired) electrons. The number of nitrogens with zero attached hydrogens (tertiary/aromatic N) is 2. The summed E-state index contributed by atoms with van der Waals surface area (Å²) in [5.41, 5.74) is 1.55. The number of carbonyl (C=O) groups excluding carboxylic acids is 1. The molecule has 0 spiro atoms. The van der Waals surface area contributed by atoms with Gasteiger partial charge in [-0.05, 0) is 19.1 Å². The van der Waals surface area contributed by atoms with E-state index in [2.05, 4.69) is 11.6 Å². The number of aryl methyl sites for hydroxylation is 1. The molecule has 2 rings (SSSR count). The number of hydrogen-bond acceptors (Lipinski definition) is 4. The van der Waals surface area contributed by atoms with Crippen molar-refractivity contribution in [2.75, 3.05) is 13.1 Å². The van der Waals surface area contributed by atoms with E-state index in [9.17, 15) is 18.0 Å². The maximum Gasteiger partial charge on any atom is 0.406 e. The van der Waals surface area contributed by atoms with Gasteiger partial charge < -0.3 is 9.64 Å². The molecule has 0 saturated heterocycles. The Labute approximate surface area is 153 Å². The van der Waals surface area contributed by atoms with Gasteiger partial charge in [0.1, 0.15) is 23.9 Å². The molecule has 8 heteroatoms. The SMILES string of the molecule is C=CCN(CC(F)(F)F)C(=O)Cc1csc(COc2ccc(C)cc2)n1. The molecule has 2 aromatic rings. The van der Waals surface area contributed by atoms with E-state index in [0.717, 1.165) is 10.5 Å².